The summed E-state index contributed by atoms with van der Waals surface area (Å²) in [6.45, 7) is 0. The molecule has 3 fully saturated rings. The SMILES string of the molecule is NC(N)CC1C2CC1C2. The molecule has 0 atom stereocenters. The highest BCUT2D eigenvalue weighted by Gasteiger charge is 2.51. The van der Waals surface area contributed by atoms with Crippen molar-refractivity contribution in [2.24, 2.45) is 29.2 Å². The van der Waals surface area contributed by atoms with Crippen LogP contribution in [-0.4, -0.2) is 6.17 Å². The fourth-order valence-electron chi connectivity index (χ4n) is 2.10. The van der Waals surface area contributed by atoms with Gasteiger partial charge in [0.25, 0.3) is 0 Å². The van der Waals surface area contributed by atoms with Crippen molar-refractivity contribution in [1.82, 2.24) is 0 Å². The molecule has 52 valence electrons. The molecule has 0 aromatic heterocycles. The van der Waals surface area contributed by atoms with E-state index in [2.05, 4.69) is 0 Å². The Hall–Kier alpha value is -0.0800. The molecule has 0 unspecified atom stereocenters. The van der Waals surface area contributed by atoms with Crippen molar-refractivity contribution in [3.8, 4) is 0 Å². The Bertz CT molecular complexity index is 108. The first-order chi connectivity index (χ1) is 4.27. The summed E-state index contributed by atoms with van der Waals surface area (Å²) in [6.07, 6.45) is 3.95. The number of rotatable bonds is 2. The second kappa shape index (κ2) is 1.70. The number of hydrogen-bond donors (Lipinski definition) is 2. The standard InChI is InChI=1S/C7H14N2/c8-7(9)3-6-4-1-5(6)2-4/h4-7H,1-3,8-9H2. The lowest BCUT2D eigenvalue weighted by molar-refractivity contribution is -0.0877. The maximum atomic E-state index is 5.46. The number of nitrogens with two attached hydrogens (primary N) is 2. The summed E-state index contributed by atoms with van der Waals surface area (Å²) in [7, 11) is 0. The molecule has 0 spiro atoms. The lowest BCUT2D eigenvalue weighted by atomic mass is 9.47. The zero-order chi connectivity index (χ0) is 6.43. The predicted molar refractivity (Wildman–Crippen MR) is 36.5 cm³/mol. The Kier molecular flexibility index (Phi) is 1.08. The van der Waals surface area contributed by atoms with Crippen LogP contribution in [0.1, 0.15) is 19.3 Å². The molecule has 2 nitrogen and oxygen atoms in total. The van der Waals surface area contributed by atoms with E-state index in [1.807, 2.05) is 0 Å². The lowest BCUT2D eigenvalue weighted by Gasteiger charge is -2.59. The molecule has 0 heterocycles. The first-order valence-corrected chi connectivity index (χ1v) is 3.78. The molecule has 2 bridgehead atoms. The van der Waals surface area contributed by atoms with Crippen LogP contribution in [-0.2, 0) is 0 Å². The van der Waals surface area contributed by atoms with Gasteiger partial charge in [0.15, 0.2) is 0 Å². The minimum atomic E-state index is -0.0550. The third-order valence-electron chi connectivity index (χ3n) is 2.97. The normalized spacial score (nSPS) is 46.3. The van der Waals surface area contributed by atoms with Crippen LogP contribution in [0.4, 0.5) is 0 Å². The second-order valence-electron chi connectivity index (χ2n) is 3.55. The van der Waals surface area contributed by atoms with Crippen molar-refractivity contribution in [2.45, 2.75) is 25.4 Å². The van der Waals surface area contributed by atoms with Crippen molar-refractivity contribution >= 4 is 0 Å². The third-order valence-corrected chi connectivity index (χ3v) is 2.97. The van der Waals surface area contributed by atoms with Crippen LogP contribution in [0.15, 0.2) is 0 Å². The van der Waals surface area contributed by atoms with Crippen LogP contribution in [0.25, 0.3) is 0 Å². The van der Waals surface area contributed by atoms with Gasteiger partial charge in [0.05, 0.1) is 6.17 Å². The van der Waals surface area contributed by atoms with Gasteiger partial charge in [0.2, 0.25) is 0 Å². The maximum Gasteiger partial charge on any atom is 0.0523 e. The van der Waals surface area contributed by atoms with E-state index in [0.29, 0.717) is 0 Å². The lowest BCUT2D eigenvalue weighted by Crippen LogP contribution is -2.53. The molecule has 0 aromatic carbocycles. The first-order valence-electron chi connectivity index (χ1n) is 3.78. The van der Waals surface area contributed by atoms with E-state index in [1.165, 1.54) is 12.8 Å². The van der Waals surface area contributed by atoms with E-state index in [0.717, 1.165) is 24.2 Å². The highest BCUT2D eigenvalue weighted by atomic mass is 14.9. The van der Waals surface area contributed by atoms with Crippen LogP contribution in [0.2, 0.25) is 0 Å². The van der Waals surface area contributed by atoms with Crippen molar-refractivity contribution in [1.29, 1.82) is 0 Å². The Morgan fingerprint density at radius 3 is 1.89 bits per heavy atom. The first kappa shape index (κ1) is 5.69. The minimum absolute atomic E-state index is 0.0550. The zero-order valence-electron chi connectivity index (χ0n) is 5.59. The molecular weight excluding hydrogens is 112 g/mol. The summed E-state index contributed by atoms with van der Waals surface area (Å²) in [5, 5.41) is 0. The highest BCUT2D eigenvalue weighted by Crippen LogP contribution is 2.59. The molecule has 0 radical (unpaired) electrons. The van der Waals surface area contributed by atoms with Crippen LogP contribution < -0.4 is 11.5 Å². The monoisotopic (exact) mass is 126 g/mol. The van der Waals surface area contributed by atoms with Gasteiger partial charge in [0.1, 0.15) is 0 Å². The minimum Gasteiger partial charge on any atom is -0.316 e. The van der Waals surface area contributed by atoms with E-state index in [-0.39, 0.29) is 6.17 Å². The van der Waals surface area contributed by atoms with Gasteiger partial charge in [-0.15, -0.1) is 0 Å². The second-order valence-corrected chi connectivity index (χ2v) is 3.55. The molecule has 3 rings (SSSR count). The highest BCUT2D eigenvalue weighted by molar-refractivity contribution is 5.01. The number of hydrogen-bond acceptors (Lipinski definition) is 2. The van der Waals surface area contributed by atoms with Crippen LogP contribution in [0.3, 0.4) is 0 Å². The van der Waals surface area contributed by atoms with Gasteiger partial charge in [-0.2, -0.15) is 0 Å². The van der Waals surface area contributed by atoms with Gasteiger partial charge < -0.3 is 11.5 Å². The largest absolute Gasteiger partial charge is 0.316 e. The summed E-state index contributed by atoms with van der Waals surface area (Å²) < 4.78 is 0. The fourth-order valence-corrected chi connectivity index (χ4v) is 2.10. The maximum absolute atomic E-state index is 5.46. The van der Waals surface area contributed by atoms with Crippen LogP contribution in [0, 0.1) is 17.8 Å². The Morgan fingerprint density at radius 1 is 1.22 bits per heavy atom. The smallest absolute Gasteiger partial charge is 0.0523 e. The quantitative estimate of drug-likeness (QED) is 0.522. The molecule has 3 aliphatic carbocycles. The van der Waals surface area contributed by atoms with Crippen molar-refractivity contribution < 1.29 is 0 Å². The average molecular weight is 126 g/mol. The summed E-state index contributed by atoms with van der Waals surface area (Å²) in [5.74, 6) is 2.96. The van der Waals surface area contributed by atoms with Crippen LogP contribution >= 0.6 is 0 Å². The summed E-state index contributed by atoms with van der Waals surface area (Å²) in [4.78, 5) is 0. The van der Waals surface area contributed by atoms with Gasteiger partial charge in [-0.1, -0.05) is 0 Å². The van der Waals surface area contributed by atoms with Gasteiger partial charge in [0, 0.05) is 0 Å². The van der Waals surface area contributed by atoms with E-state index < -0.39 is 0 Å². The van der Waals surface area contributed by atoms with E-state index in [1.54, 1.807) is 0 Å². The molecular formula is C7H14N2. The predicted octanol–water partition coefficient (Wildman–Crippen LogP) is 0.276. The van der Waals surface area contributed by atoms with E-state index in [4.69, 9.17) is 11.5 Å². The Morgan fingerprint density at radius 2 is 1.78 bits per heavy atom. The van der Waals surface area contributed by atoms with Crippen molar-refractivity contribution in [3.05, 3.63) is 0 Å². The molecule has 3 saturated carbocycles. The van der Waals surface area contributed by atoms with Gasteiger partial charge in [-0.3, -0.25) is 0 Å². The molecule has 3 aliphatic rings. The van der Waals surface area contributed by atoms with Gasteiger partial charge in [-0.05, 0) is 37.0 Å². The topological polar surface area (TPSA) is 52.0 Å². The van der Waals surface area contributed by atoms with E-state index >= 15 is 0 Å². The summed E-state index contributed by atoms with van der Waals surface area (Å²) >= 11 is 0. The molecule has 0 saturated heterocycles. The van der Waals surface area contributed by atoms with Crippen LogP contribution in [0.5, 0.6) is 0 Å². The Balaban J connectivity index is 1.77. The molecule has 0 amide bonds. The van der Waals surface area contributed by atoms with Crippen molar-refractivity contribution in [3.63, 3.8) is 0 Å². The Labute approximate surface area is 55.6 Å². The van der Waals surface area contributed by atoms with Gasteiger partial charge >= 0.3 is 0 Å². The molecule has 9 heavy (non-hydrogen) atoms. The summed E-state index contributed by atoms with van der Waals surface area (Å²) in [5.41, 5.74) is 10.9. The van der Waals surface area contributed by atoms with Gasteiger partial charge in [-0.25, -0.2) is 0 Å². The average Bonchev–Trinajstić information content (AvgIpc) is 1.54. The molecule has 0 aromatic rings. The summed E-state index contributed by atoms with van der Waals surface area (Å²) in [6, 6.07) is 0. The third kappa shape index (κ3) is 0.700. The zero-order valence-corrected chi connectivity index (χ0v) is 5.59. The van der Waals surface area contributed by atoms with E-state index in [9.17, 15) is 0 Å². The fraction of sp³-hybridized carbons (Fsp3) is 1.00. The molecule has 0 aliphatic heterocycles. The molecule has 2 heteroatoms. The van der Waals surface area contributed by atoms with Crippen molar-refractivity contribution in [2.75, 3.05) is 0 Å². The molecule has 4 N–H and O–H groups in total.